The number of thioether (sulfide) groups is 1. The lowest BCUT2D eigenvalue weighted by Gasteiger charge is -2.04. The lowest BCUT2D eigenvalue weighted by molar-refractivity contribution is -0.122. The Morgan fingerprint density at radius 1 is 1.16 bits per heavy atom. The van der Waals surface area contributed by atoms with Gasteiger partial charge in [-0.1, -0.05) is 66.4 Å². The highest BCUT2D eigenvalue weighted by Gasteiger charge is 2.29. The van der Waals surface area contributed by atoms with E-state index in [2.05, 4.69) is 0 Å². The van der Waals surface area contributed by atoms with Crippen LogP contribution in [0.2, 0.25) is 0 Å². The van der Waals surface area contributed by atoms with Crippen LogP contribution in [0.15, 0.2) is 47.4 Å². The minimum Gasteiger partial charge on any atom is -0.267 e. The molecule has 94 valence electrons. The maximum atomic E-state index is 11.9. The number of carbonyl (C=O) groups is 1. The van der Waals surface area contributed by atoms with Gasteiger partial charge in [0.15, 0.2) is 4.32 Å². The Balaban J connectivity index is 2.12. The smallest absolute Gasteiger partial charge is 0.267 e. The number of thiocarbonyl (C=S) groups is 1. The van der Waals surface area contributed by atoms with Crippen molar-refractivity contribution in [2.75, 3.05) is 0 Å². The molecular formula is C14H10N2OS2. The van der Waals surface area contributed by atoms with Gasteiger partial charge in [-0.15, -0.1) is 0 Å². The van der Waals surface area contributed by atoms with Gasteiger partial charge in [-0.25, -0.2) is 10.9 Å². The Morgan fingerprint density at radius 2 is 1.89 bits per heavy atom. The summed E-state index contributed by atoms with van der Waals surface area (Å²) in [5, 5.41) is 3.25. The van der Waals surface area contributed by atoms with Crippen molar-refractivity contribution >= 4 is 51.1 Å². The number of rotatable bonds is 1. The fraction of sp³-hybridized carbons (Fsp3) is 0. The number of hydrogen-bond acceptors (Lipinski definition) is 4. The third-order valence-electron chi connectivity index (χ3n) is 2.93. The van der Waals surface area contributed by atoms with Crippen molar-refractivity contribution in [2.24, 2.45) is 5.84 Å². The predicted molar refractivity (Wildman–Crippen MR) is 83.1 cm³/mol. The molecule has 0 radical (unpaired) electrons. The maximum Gasteiger partial charge on any atom is 0.280 e. The van der Waals surface area contributed by atoms with Gasteiger partial charge in [0, 0.05) is 0 Å². The molecule has 1 saturated heterocycles. The number of benzene rings is 2. The number of nitrogens with zero attached hydrogens (tertiary/aromatic N) is 1. The van der Waals surface area contributed by atoms with Crippen LogP contribution in [0.25, 0.3) is 16.8 Å². The van der Waals surface area contributed by atoms with Gasteiger partial charge in [0.1, 0.15) is 0 Å². The first kappa shape index (κ1) is 12.3. The van der Waals surface area contributed by atoms with E-state index < -0.39 is 0 Å². The number of hydrazine groups is 1. The Morgan fingerprint density at radius 3 is 2.63 bits per heavy atom. The molecule has 2 N–H and O–H groups in total. The van der Waals surface area contributed by atoms with E-state index in [1.165, 1.54) is 11.8 Å². The Hall–Kier alpha value is -1.69. The molecule has 0 aromatic heterocycles. The first-order valence-electron chi connectivity index (χ1n) is 5.67. The number of amides is 1. The topological polar surface area (TPSA) is 46.3 Å². The van der Waals surface area contributed by atoms with E-state index in [1.807, 2.05) is 48.5 Å². The summed E-state index contributed by atoms with van der Waals surface area (Å²) in [7, 11) is 0. The summed E-state index contributed by atoms with van der Waals surface area (Å²) >= 11 is 6.24. The SMILES string of the molecule is NN1C(=O)/C(=C\c2cccc3ccccc23)SC1=S. The van der Waals surface area contributed by atoms with E-state index in [0.717, 1.165) is 21.3 Å². The van der Waals surface area contributed by atoms with Gasteiger partial charge in [0.2, 0.25) is 0 Å². The third kappa shape index (κ3) is 2.16. The summed E-state index contributed by atoms with van der Waals surface area (Å²) < 4.78 is 0.386. The Kier molecular flexibility index (Phi) is 3.10. The largest absolute Gasteiger partial charge is 0.280 e. The molecule has 3 nitrogen and oxygen atoms in total. The molecule has 0 atom stereocenters. The van der Waals surface area contributed by atoms with Crippen molar-refractivity contribution < 1.29 is 4.79 Å². The van der Waals surface area contributed by atoms with E-state index in [1.54, 1.807) is 0 Å². The second-order valence-corrected chi connectivity index (χ2v) is 5.80. The average molecular weight is 286 g/mol. The lowest BCUT2D eigenvalue weighted by Crippen LogP contribution is -2.34. The quantitative estimate of drug-likeness (QED) is 0.379. The van der Waals surface area contributed by atoms with Gasteiger partial charge in [0.05, 0.1) is 4.91 Å². The molecule has 0 spiro atoms. The van der Waals surface area contributed by atoms with E-state index in [0.29, 0.717) is 9.23 Å². The molecule has 5 heteroatoms. The number of fused-ring (bicyclic) bond motifs is 1. The molecule has 0 unspecified atom stereocenters. The van der Waals surface area contributed by atoms with E-state index >= 15 is 0 Å². The molecule has 1 fully saturated rings. The van der Waals surface area contributed by atoms with Gasteiger partial charge < -0.3 is 0 Å². The first-order chi connectivity index (χ1) is 9.16. The van der Waals surface area contributed by atoms with Gasteiger partial charge in [-0.2, -0.15) is 0 Å². The van der Waals surface area contributed by atoms with Crippen LogP contribution in [0.3, 0.4) is 0 Å². The molecule has 1 aliphatic heterocycles. The van der Waals surface area contributed by atoms with Gasteiger partial charge >= 0.3 is 0 Å². The summed E-state index contributed by atoms with van der Waals surface area (Å²) in [6.45, 7) is 0. The summed E-state index contributed by atoms with van der Waals surface area (Å²) in [6, 6.07) is 14.0. The van der Waals surface area contributed by atoms with Crippen molar-refractivity contribution in [3.05, 3.63) is 52.9 Å². The zero-order valence-corrected chi connectivity index (χ0v) is 11.5. The van der Waals surface area contributed by atoms with Crippen molar-refractivity contribution in [3.8, 4) is 0 Å². The average Bonchev–Trinajstić information content (AvgIpc) is 2.67. The molecule has 0 saturated carbocycles. The van der Waals surface area contributed by atoms with Crippen LogP contribution in [0.4, 0.5) is 0 Å². The van der Waals surface area contributed by atoms with Gasteiger partial charge in [0.25, 0.3) is 5.91 Å². The van der Waals surface area contributed by atoms with Crippen LogP contribution in [0, 0.1) is 0 Å². The summed E-state index contributed by atoms with van der Waals surface area (Å²) in [5.41, 5.74) is 0.993. The molecule has 1 heterocycles. The highest BCUT2D eigenvalue weighted by molar-refractivity contribution is 8.26. The molecule has 3 rings (SSSR count). The highest BCUT2D eigenvalue weighted by atomic mass is 32.2. The second kappa shape index (κ2) is 4.77. The molecule has 0 aliphatic carbocycles. The third-order valence-corrected chi connectivity index (χ3v) is 4.26. The standard InChI is InChI=1S/C14H10N2OS2/c15-16-13(17)12(19-14(16)18)8-10-6-3-5-9-4-1-2-7-11(9)10/h1-8H,15H2/b12-8+. The van der Waals surface area contributed by atoms with Crippen LogP contribution in [-0.4, -0.2) is 15.2 Å². The molecule has 19 heavy (non-hydrogen) atoms. The summed E-state index contributed by atoms with van der Waals surface area (Å²) in [5.74, 6) is 5.31. The zero-order valence-electron chi connectivity index (χ0n) is 9.87. The summed E-state index contributed by atoms with van der Waals surface area (Å²) in [6.07, 6.45) is 1.84. The van der Waals surface area contributed by atoms with Crippen molar-refractivity contribution in [1.82, 2.24) is 5.01 Å². The first-order valence-corrected chi connectivity index (χ1v) is 6.90. The van der Waals surface area contributed by atoms with Crippen LogP contribution in [0.5, 0.6) is 0 Å². The van der Waals surface area contributed by atoms with E-state index in [9.17, 15) is 4.79 Å². The predicted octanol–water partition coefficient (Wildman–Crippen LogP) is 2.91. The van der Waals surface area contributed by atoms with E-state index in [4.69, 9.17) is 18.1 Å². The monoisotopic (exact) mass is 286 g/mol. The minimum atomic E-state index is -0.247. The van der Waals surface area contributed by atoms with Crippen LogP contribution < -0.4 is 5.84 Å². The molecule has 1 amide bonds. The van der Waals surface area contributed by atoms with Crippen molar-refractivity contribution in [3.63, 3.8) is 0 Å². The molecule has 0 bridgehead atoms. The number of hydrogen-bond donors (Lipinski definition) is 1. The van der Waals surface area contributed by atoms with Crippen molar-refractivity contribution in [2.45, 2.75) is 0 Å². The Labute approximate surface area is 120 Å². The van der Waals surface area contributed by atoms with Gasteiger partial charge in [-0.3, -0.25) is 4.79 Å². The molecule has 1 aliphatic rings. The second-order valence-electron chi connectivity index (χ2n) is 4.12. The minimum absolute atomic E-state index is 0.247. The van der Waals surface area contributed by atoms with E-state index in [-0.39, 0.29) is 5.91 Å². The van der Waals surface area contributed by atoms with Gasteiger partial charge in [-0.05, 0) is 22.4 Å². The van der Waals surface area contributed by atoms with Crippen LogP contribution in [0.1, 0.15) is 5.56 Å². The van der Waals surface area contributed by atoms with Crippen molar-refractivity contribution in [1.29, 1.82) is 0 Å². The number of carbonyl (C=O) groups excluding carboxylic acids is 1. The molecule has 2 aromatic carbocycles. The fourth-order valence-electron chi connectivity index (χ4n) is 2.00. The zero-order chi connectivity index (χ0) is 13.4. The van der Waals surface area contributed by atoms with Crippen LogP contribution >= 0.6 is 24.0 Å². The maximum absolute atomic E-state index is 11.9. The highest BCUT2D eigenvalue weighted by Crippen LogP contribution is 2.31. The number of nitrogens with two attached hydrogens (primary N) is 1. The molecular weight excluding hydrogens is 276 g/mol. The molecule has 2 aromatic rings. The Bertz CT molecular complexity index is 719. The summed E-state index contributed by atoms with van der Waals surface area (Å²) in [4.78, 5) is 12.4. The fourth-order valence-corrected chi connectivity index (χ4v) is 3.09. The normalized spacial score (nSPS) is 17.7. The van der Waals surface area contributed by atoms with Crippen LogP contribution in [-0.2, 0) is 4.79 Å². The lowest BCUT2D eigenvalue weighted by atomic mass is 10.0.